The Morgan fingerprint density at radius 1 is 1.38 bits per heavy atom. The van der Waals surface area contributed by atoms with Crippen LogP contribution in [0.5, 0.6) is 5.75 Å². The third-order valence-electron chi connectivity index (χ3n) is 3.74. The summed E-state index contributed by atoms with van der Waals surface area (Å²) in [5, 5.41) is 10.6. The molecule has 3 rings (SSSR count). The molecule has 1 aliphatic rings. The van der Waals surface area contributed by atoms with Crippen LogP contribution >= 0.6 is 24.0 Å². The van der Waals surface area contributed by atoms with Gasteiger partial charge in [0.25, 0.3) is 0 Å². The Morgan fingerprint density at radius 3 is 2.92 bits per heavy atom. The molecular formula is C16H23IN6O. The zero-order valence-corrected chi connectivity index (χ0v) is 16.2. The molecular weight excluding hydrogens is 419 g/mol. The van der Waals surface area contributed by atoms with Gasteiger partial charge in [-0.05, 0) is 18.6 Å². The molecule has 130 valence electrons. The molecule has 24 heavy (non-hydrogen) atoms. The Hall–Kier alpha value is -1.84. The van der Waals surface area contributed by atoms with E-state index >= 15 is 0 Å². The molecule has 0 saturated heterocycles. The van der Waals surface area contributed by atoms with Gasteiger partial charge in [0.2, 0.25) is 0 Å². The van der Waals surface area contributed by atoms with Crippen molar-refractivity contribution in [2.24, 2.45) is 12.0 Å². The van der Waals surface area contributed by atoms with E-state index in [9.17, 15) is 0 Å². The van der Waals surface area contributed by atoms with Gasteiger partial charge in [0.15, 0.2) is 5.96 Å². The van der Waals surface area contributed by atoms with E-state index < -0.39 is 0 Å². The van der Waals surface area contributed by atoms with Crippen molar-refractivity contribution >= 4 is 29.9 Å². The first-order chi connectivity index (χ1) is 11.3. The Labute approximate surface area is 158 Å². The highest BCUT2D eigenvalue weighted by atomic mass is 127. The van der Waals surface area contributed by atoms with Crippen molar-refractivity contribution < 1.29 is 4.74 Å². The molecule has 0 radical (unpaired) electrons. The molecule has 2 N–H and O–H groups in total. The van der Waals surface area contributed by atoms with Crippen LogP contribution in [0.25, 0.3) is 0 Å². The summed E-state index contributed by atoms with van der Waals surface area (Å²) in [5.74, 6) is 2.57. The van der Waals surface area contributed by atoms with E-state index in [0.717, 1.165) is 30.5 Å². The van der Waals surface area contributed by atoms with Gasteiger partial charge in [-0.15, -0.1) is 24.0 Å². The summed E-state index contributed by atoms with van der Waals surface area (Å²) in [5.41, 5.74) is 1.26. The van der Waals surface area contributed by atoms with Crippen molar-refractivity contribution in [1.29, 1.82) is 0 Å². The first kappa shape index (κ1) is 18.5. The summed E-state index contributed by atoms with van der Waals surface area (Å²) in [4.78, 5) is 8.72. The zero-order valence-electron chi connectivity index (χ0n) is 13.9. The summed E-state index contributed by atoms with van der Waals surface area (Å²) in [6.07, 6.45) is 2.59. The second-order valence-corrected chi connectivity index (χ2v) is 5.43. The van der Waals surface area contributed by atoms with E-state index in [1.54, 1.807) is 4.68 Å². The molecule has 7 nitrogen and oxygen atoms in total. The highest BCUT2D eigenvalue weighted by Gasteiger charge is 2.22. The predicted octanol–water partition coefficient (Wildman–Crippen LogP) is 1.49. The number of aryl methyl sites for hydroxylation is 1. The van der Waals surface area contributed by atoms with E-state index in [-0.39, 0.29) is 30.1 Å². The van der Waals surface area contributed by atoms with Crippen LogP contribution in [0.2, 0.25) is 0 Å². The maximum Gasteiger partial charge on any atom is 0.191 e. The summed E-state index contributed by atoms with van der Waals surface area (Å²) < 4.78 is 7.66. The topological polar surface area (TPSA) is 76.4 Å². The second kappa shape index (κ2) is 8.86. The first-order valence-electron chi connectivity index (χ1n) is 7.86. The SMILES string of the molecule is CCNC(=NCc1ncnn1C)NCC1Cc2ccccc2O1.I. The average molecular weight is 442 g/mol. The summed E-state index contributed by atoms with van der Waals surface area (Å²) in [6.45, 7) is 4.04. The number of nitrogens with zero attached hydrogens (tertiary/aromatic N) is 4. The largest absolute Gasteiger partial charge is 0.488 e. The van der Waals surface area contributed by atoms with Gasteiger partial charge in [-0.3, -0.25) is 4.68 Å². The lowest BCUT2D eigenvalue weighted by Crippen LogP contribution is -2.42. The minimum atomic E-state index is 0. The Balaban J connectivity index is 0.00000208. The first-order valence-corrected chi connectivity index (χ1v) is 7.86. The summed E-state index contributed by atoms with van der Waals surface area (Å²) in [7, 11) is 1.86. The third-order valence-corrected chi connectivity index (χ3v) is 3.74. The number of para-hydroxylation sites is 1. The van der Waals surface area contributed by atoms with Crippen LogP contribution in [-0.4, -0.2) is 39.9 Å². The van der Waals surface area contributed by atoms with E-state index in [4.69, 9.17) is 4.74 Å². The van der Waals surface area contributed by atoms with E-state index in [0.29, 0.717) is 13.1 Å². The Bertz CT molecular complexity index is 662. The van der Waals surface area contributed by atoms with Gasteiger partial charge in [0.05, 0.1) is 6.54 Å². The maximum absolute atomic E-state index is 5.93. The lowest BCUT2D eigenvalue weighted by atomic mass is 10.1. The van der Waals surface area contributed by atoms with Crippen LogP contribution < -0.4 is 15.4 Å². The standard InChI is InChI=1S/C16H22N6O.HI/c1-3-17-16(19-10-15-20-11-21-22(15)2)18-9-13-8-12-6-4-5-7-14(12)23-13;/h4-7,11,13H,3,8-10H2,1-2H3,(H2,17,18,19);1H. The maximum atomic E-state index is 5.93. The van der Waals surface area contributed by atoms with Crippen LogP contribution in [0, 0.1) is 0 Å². The Morgan fingerprint density at radius 2 is 2.21 bits per heavy atom. The number of hydrogen-bond donors (Lipinski definition) is 2. The van der Waals surface area contributed by atoms with Gasteiger partial charge >= 0.3 is 0 Å². The van der Waals surface area contributed by atoms with Crippen molar-refractivity contribution in [3.05, 3.63) is 42.0 Å². The molecule has 1 atom stereocenters. The van der Waals surface area contributed by atoms with E-state index in [1.165, 1.54) is 11.9 Å². The highest BCUT2D eigenvalue weighted by Crippen LogP contribution is 2.27. The number of rotatable bonds is 5. The molecule has 0 aliphatic carbocycles. The van der Waals surface area contributed by atoms with Gasteiger partial charge in [0.1, 0.15) is 30.5 Å². The van der Waals surface area contributed by atoms with Crippen molar-refractivity contribution in [3.8, 4) is 5.75 Å². The van der Waals surface area contributed by atoms with Crippen molar-refractivity contribution in [3.63, 3.8) is 0 Å². The zero-order chi connectivity index (χ0) is 16.1. The second-order valence-electron chi connectivity index (χ2n) is 5.43. The fourth-order valence-electron chi connectivity index (χ4n) is 2.53. The summed E-state index contributed by atoms with van der Waals surface area (Å²) >= 11 is 0. The highest BCUT2D eigenvalue weighted by molar-refractivity contribution is 14.0. The predicted molar refractivity (Wildman–Crippen MR) is 104 cm³/mol. The number of aliphatic imine (C=N–C) groups is 1. The number of fused-ring (bicyclic) bond motifs is 1. The average Bonchev–Trinajstić information content (AvgIpc) is 3.15. The van der Waals surface area contributed by atoms with Crippen LogP contribution in [0.4, 0.5) is 0 Å². The lowest BCUT2D eigenvalue weighted by Gasteiger charge is -2.15. The van der Waals surface area contributed by atoms with Crippen LogP contribution in [-0.2, 0) is 20.0 Å². The molecule has 0 amide bonds. The fourth-order valence-corrected chi connectivity index (χ4v) is 2.53. The molecule has 0 bridgehead atoms. The summed E-state index contributed by atoms with van der Waals surface area (Å²) in [6, 6.07) is 8.18. The number of halogens is 1. The van der Waals surface area contributed by atoms with Gasteiger partial charge in [-0.25, -0.2) is 9.98 Å². The van der Waals surface area contributed by atoms with E-state index in [2.05, 4.69) is 31.8 Å². The van der Waals surface area contributed by atoms with Crippen LogP contribution in [0.1, 0.15) is 18.3 Å². The molecule has 8 heteroatoms. The number of nitrogens with one attached hydrogen (secondary N) is 2. The number of guanidine groups is 1. The molecule has 1 aliphatic heterocycles. The molecule has 0 fully saturated rings. The lowest BCUT2D eigenvalue weighted by molar-refractivity contribution is 0.235. The molecule has 2 heterocycles. The van der Waals surface area contributed by atoms with Crippen molar-refractivity contribution in [2.75, 3.05) is 13.1 Å². The van der Waals surface area contributed by atoms with Crippen LogP contribution in [0.15, 0.2) is 35.6 Å². The normalized spacial score (nSPS) is 16.1. The van der Waals surface area contributed by atoms with Crippen molar-refractivity contribution in [2.45, 2.75) is 26.0 Å². The molecule has 1 unspecified atom stereocenters. The minimum Gasteiger partial charge on any atom is -0.488 e. The van der Waals surface area contributed by atoms with Gasteiger partial charge in [-0.1, -0.05) is 18.2 Å². The monoisotopic (exact) mass is 442 g/mol. The number of ether oxygens (including phenoxy) is 1. The third kappa shape index (κ3) is 4.59. The molecule has 0 spiro atoms. The van der Waals surface area contributed by atoms with Gasteiger partial charge in [0, 0.05) is 20.0 Å². The smallest absolute Gasteiger partial charge is 0.191 e. The minimum absolute atomic E-state index is 0. The van der Waals surface area contributed by atoms with Gasteiger partial charge < -0.3 is 15.4 Å². The van der Waals surface area contributed by atoms with E-state index in [1.807, 2.05) is 32.2 Å². The fraction of sp³-hybridized carbons (Fsp3) is 0.438. The van der Waals surface area contributed by atoms with Crippen LogP contribution in [0.3, 0.4) is 0 Å². The van der Waals surface area contributed by atoms with Crippen molar-refractivity contribution in [1.82, 2.24) is 25.4 Å². The molecule has 1 aromatic heterocycles. The number of aromatic nitrogens is 3. The molecule has 2 aromatic rings. The van der Waals surface area contributed by atoms with Gasteiger partial charge in [-0.2, -0.15) is 5.10 Å². The molecule has 0 saturated carbocycles. The molecule has 1 aromatic carbocycles. The quantitative estimate of drug-likeness (QED) is 0.417. The number of benzene rings is 1. The Kier molecular flexibility index (Phi) is 6.83. The number of hydrogen-bond acceptors (Lipinski definition) is 4.